The lowest BCUT2D eigenvalue weighted by atomic mass is 9.75. The Morgan fingerprint density at radius 1 is 1.28 bits per heavy atom. The predicted octanol–water partition coefficient (Wildman–Crippen LogP) is 4.22. The molecule has 1 saturated carbocycles. The first-order chi connectivity index (χ1) is 8.46. The molecule has 3 unspecified atom stereocenters. The maximum Gasteiger partial charge on any atom is 0.0672 e. The van der Waals surface area contributed by atoms with Crippen LogP contribution in [0.4, 0.5) is 0 Å². The summed E-state index contributed by atoms with van der Waals surface area (Å²) in [5.74, 6) is 1.06. The molecule has 0 N–H and O–H groups in total. The van der Waals surface area contributed by atoms with Gasteiger partial charge in [0.2, 0.25) is 0 Å². The van der Waals surface area contributed by atoms with Crippen molar-refractivity contribution in [2.24, 2.45) is 11.8 Å². The van der Waals surface area contributed by atoms with E-state index >= 15 is 0 Å². The highest BCUT2D eigenvalue weighted by molar-refractivity contribution is 4.99. The number of nitriles is 1. The van der Waals surface area contributed by atoms with E-state index in [2.05, 4.69) is 45.7 Å². The minimum atomic E-state index is 0.202. The zero-order valence-electron chi connectivity index (χ0n) is 12.9. The Morgan fingerprint density at radius 2 is 1.94 bits per heavy atom. The molecule has 1 aliphatic rings. The van der Waals surface area contributed by atoms with Crippen LogP contribution in [0.5, 0.6) is 0 Å². The van der Waals surface area contributed by atoms with E-state index in [4.69, 9.17) is 0 Å². The van der Waals surface area contributed by atoms with Gasteiger partial charge >= 0.3 is 0 Å². The van der Waals surface area contributed by atoms with E-state index in [0.717, 1.165) is 18.8 Å². The molecule has 0 amide bonds. The van der Waals surface area contributed by atoms with Gasteiger partial charge in [-0.05, 0) is 52.5 Å². The first kappa shape index (κ1) is 15.5. The van der Waals surface area contributed by atoms with E-state index in [9.17, 15) is 5.26 Å². The van der Waals surface area contributed by atoms with Crippen molar-refractivity contribution in [1.29, 1.82) is 5.26 Å². The molecule has 18 heavy (non-hydrogen) atoms. The molecular weight excluding hydrogens is 220 g/mol. The fraction of sp³-hybridized carbons (Fsp3) is 0.938. The number of nitrogens with zero attached hydrogens (tertiary/aromatic N) is 2. The van der Waals surface area contributed by atoms with E-state index in [-0.39, 0.29) is 11.5 Å². The Balaban J connectivity index is 2.77. The van der Waals surface area contributed by atoms with Gasteiger partial charge in [-0.2, -0.15) is 5.26 Å². The Kier molecular flexibility index (Phi) is 5.66. The molecule has 1 fully saturated rings. The number of hydrogen-bond acceptors (Lipinski definition) is 2. The monoisotopic (exact) mass is 250 g/mol. The third kappa shape index (κ3) is 3.48. The normalized spacial score (nSPS) is 29.3. The van der Waals surface area contributed by atoms with Gasteiger partial charge in [-0.25, -0.2) is 0 Å². The average molecular weight is 250 g/mol. The van der Waals surface area contributed by atoms with Gasteiger partial charge in [0, 0.05) is 11.6 Å². The summed E-state index contributed by atoms with van der Waals surface area (Å²) in [4.78, 5) is 2.47. The molecule has 2 heteroatoms. The van der Waals surface area contributed by atoms with Crippen LogP contribution in [-0.4, -0.2) is 23.5 Å². The van der Waals surface area contributed by atoms with Gasteiger partial charge in [-0.15, -0.1) is 0 Å². The lowest BCUT2D eigenvalue weighted by Gasteiger charge is -2.46. The van der Waals surface area contributed by atoms with E-state index in [0.29, 0.717) is 6.04 Å². The van der Waals surface area contributed by atoms with Crippen molar-refractivity contribution >= 4 is 0 Å². The summed E-state index contributed by atoms with van der Waals surface area (Å²) in [5, 5.41) is 9.39. The number of hydrogen-bond donors (Lipinski definition) is 0. The zero-order valence-corrected chi connectivity index (χ0v) is 12.9. The molecule has 104 valence electrons. The van der Waals surface area contributed by atoms with Crippen LogP contribution in [0.15, 0.2) is 0 Å². The molecular formula is C16H30N2. The second kappa shape index (κ2) is 6.57. The average Bonchev–Trinajstić information content (AvgIpc) is 2.38. The lowest BCUT2D eigenvalue weighted by molar-refractivity contribution is 0.0388. The summed E-state index contributed by atoms with van der Waals surface area (Å²) < 4.78 is 0. The van der Waals surface area contributed by atoms with Crippen molar-refractivity contribution < 1.29 is 0 Å². The summed E-state index contributed by atoms with van der Waals surface area (Å²) in [6.45, 7) is 9.10. The molecule has 2 nitrogen and oxygen atoms in total. The second-order valence-corrected chi connectivity index (χ2v) is 6.55. The van der Waals surface area contributed by atoms with Crippen molar-refractivity contribution in [1.82, 2.24) is 4.90 Å². The minimum absolute atomic E-state index is 0.202. The van der Waals surface area contributed by atoms with Gasteiger partial charge in [0.15, 0.2) is 0 Å². The van der Waals surface area contributed by atoms with Crippen molar-refractivity contribution in [3.05, 3.63) is 0 Å². The third-order valence-corrected chi connectivity index (χ3v) is 5.11. The van der Waals surface area contributed by atoms with Gasteiger partial charge in [0.25, 0.3) is 0 Å². The maximum absolute atomic E-state index is 9.39. The highest BCUT2D eigenvalue weighted by Gasteiger charge is 2.37. The molecule has 3 atom stereocenters. The van der Waals surface area contributed by atoms with Crippen molar-refractivity contribution in [2.45, 2.75) is 77.8 Å². The predicted molar refractivity (Wildman–Crippen MR) is 77.3 cm³/mol. The second-order valence-electron chi connectivity index (χ2n) is 6.55. The van der Waals surface area contributed by atoms with Gasteiger partial charge < -0.3 is 0 Å². The fourth-order valence-electron chi connectivity index (χ4n) is 3.18. The first-order valence-electron chi connectivity index (χ1n) is 7.58. The third-order valence-electron chi connectivity index (χ3n) is 5.11. The summed E-state index contributed by atoms with van der Waals surface area (Å²) >= 11 is 0. The molecule has 1 rings (SSSR count). The molecule has 0 spiro atoms. The van der Waals surface area contributed by atoms with Crippen molar-refractivity contribution in [3.63, 3.8) is 0 Å². The molecule has 0 aromatic carbocycles. The summed E-state index contributed by atoms with van der Waals surface area (Å²) in [5.41, 5.74) is 0.202. The summed E-state index contributed by atoms with van der Waals surface area (Å²) in [6, 6.07) is 3.01. The van der Waals surface area contributed by atoms with Gasteiger partial charge in [0.05, 0.1) is 12.0 Å². The van der Waals surface area contributed by atoms with Gasteiger partial charge in [-0.1, -0.05) is 26.7 Å². The maximum atomic E-state index is 9.39. The summed E-state index contributed by atoms with van der Waals surface area (Å²) in [7, 11) is 2.22. The van der Waals surface area contributed by atoms with Crippen LogP contribution in [-0.2, 0) is 0 Å². The molecule has 0 radical (unpaired) electrons. The van der Waals surface area contributed by atoms with Crippen LogP contribution in [0.1, 0.15) is 66.2 Å². The van der Waals surface area contributed by atoms with Crippen LogP contribution in [0, 0.1) is 23.2 Å². The van der Waals surface area contributed by atoms with E-state index in [1.807, 2.05) is 0 Å². The quantitative estimate of drug-likeness (QED) is 0.730. The Labute approximate surface area is 113 Å². The Bertz CT molecular complexity index is 290. The van der Waals surface area contributed by atoms with Crippen LogP contribution in [0.25, 0.3) is 0 Å². The van der Waals surface area contributed by atoms with Gasteiger partial charge in [0.1, 0.15) is 0 Å². The first-order valence-corrected chi connectivity index (χ1v) is 7.58. The smallest absolute Gasteiger partial charge is 0.0672 e. The lowest BCUT2D eigenvalue weighted by Crippen LogP contribution is -2.51. The highest BCUT2D eigenvalue weighted by Crippen LogP contribution is 2.36. The molecule has 1 aliphatic carbocycles. The van der Waals surface area contributed by atoms with Crippen LogP contribution in [0.2, 0.25) is 0 Å². The van der Waals surface area contributed by atoms with Gasteiger partial charge in [-0.3, -0.25) is 4.90 Å². The molecule has 0 aromatic heterocycles. The van der Waals surface area contributed by atoms with E-state index in [1.165, 1.54) is 25.7 Å². The highest BCUT2D eigenvalue weighted by atomic mass is 15.2. The van der Waals surface area contributed by atoms with Crippen LogP contribution in [0.3, 0.4) is 0 Å². The zero-order chi connectivity index (χ0) is 13.8. The molecule has 0 saturated heterocycles. The molecule has 0 aromatic rings. The topological polar surface area (TPSA) is 27.0 Å². The largest absolute Gasteiger partial charge is 0.297 e. The molecule has 0 aliphatic heterocycles. The Morgan fingerprint density at radius 3 is 2.44 bits per heavy atom. The van der Waals surface area contributed by atoms with E-state index in [1.54, 1.807) is 0 Å². The number of rotatable bonds is 5. The van der Waals surface area contributed by atoms with Crippen LogP contribution >= 0.6 is 0 Å². The van der Waals surface area contributed by atoms with Crippen LogP contribution < -0.4 is 0 Å². The van der Waals surface area contributed by atoms with E-state index < -0.39 is 0 Å². The SMILES string of the molecule is CCCC1CCC(C#N)C(N(C)C(C)(C)CC)C1. The van der Waals surface area contributed by atoms with Crippen molar-refractivity contribution in [2.75, 3.05) is 7.05 Å². The Hall–Kier alpha value is -0.550. The molecule has 0 heterocycles. The fourth-order valence-corrected chi connectivity index (χ4v) is 3.18. The minimum Gasteiger partial charge on any atom is -0.297 e. The standard InChI is InChI=1S/C16H30N2/c1-6-8-13-9-10-14(12-17)15(11-13)18(5)16(3,4)7-2/h13-15H,6-11H2,1-5H3. The summed E-state index contributed by atoms with van der Waals surface area (Å²) in [6.07, 6.45) is 7.30. The van der Waals surface area contributed by atoms with Crippen molar-refractivity contribution in [3.8, 4) is 6.07 Å². The molecule has 0 bridgehead atoms.